The van der Waals surface area contributed by atoms with Crippen molar-refractivity contribution in [3.63, 3.8) is 0 Å². The van der Waals surface area contributed by atoms with Crippen LogP contribution in [-0.4, -0.2) is 5.91 Å². The largest absolute Gasteiger partial charge is 0.326 e. The smallest absolute Gasteiger partial charge is 0.228 e. The zero-order chi connectivity index (χ0) is 13.0. The predicted octanol–water partition coefficient (Wildman–Crippen LogP) is 3.94. The Kier molecular flexibility index (Phi) is 4.15. The van der Waals surface area contributed by atoms with Crippen molar-refractivity contribution in [2.24, 2.45) is 0 Å². The molecule has 18 heavy (non-hydrogen) atoms. The number of nitrogens with one attached hydrogen (secondary N) is 1. The Morgan fingerprint density at radius 1 is 1.11 bits per heavy atom. The molecular formula is C15H14BrNO. The molecule has 0 aliphatic rings. The first-order valence-corrected chi connectivity index (χ1v) is 6.54. The molecule has 0 saturated carbocycles. The first-order chi connectivity index (χ1) is 8.65. The van der Waals surface area contributed by atoms with Crippen LogP contribution in [0.5, 0.6) is 0 Å². The molecule has 1 amide bonds. The normalized spacial score (nSPS) is 10.1. The van der Waals surface area contributed by atoms with Gasteiger partial charge in [0.1, 0.15) is 0 Å². The Hall–Kier alpha value is -1.61. The molecule has 2 rings (SSSR count). The van der Waals surface area contributed by atoms with Crippen LogP contribution < -0.4 is 5.32 Å². The van der Waals surface area contributed by atoms with E-state index in [2.05, 4.69) is 21.2 Å². The van der Waals surface area contributed by atoms with Crippen molar-refractivity contribution >= 4 is 27.5 Å². The third-order valence-corrected chi connectivity index (χ3v) is 3.23. The van der Waals surface area contributed by atoms with Gasteiger partial charge in [-0.15, -0.1) is 0 Å². The molecule has 0 aromatic heterocycles. The van der Waals surface area contributed by atoms with Crippen LogP contribution in [0.1, 0.15) is 11.1 Å². The van der Waals surface area contributed by atoms with Crippen LogP contribution in [0, 0.1) is 6.92 Å². The number of hydrogen-bond donors (Lipinski definition) is 1. The minimum atomic E-state index is 0.00613. The minimum Gasteiger partial charge on any atom is -0.326 e. The van der Waals surface area contributed by atoms with Crippen molar-refractivity contribution in [3.8, 4) is 0 Å². The molecule has 0 heterocycles. The predicted molar refractivity (Wildman–Crippen MR) is 77.7 cm³/mol. The average molecular weight is 304 g/mol. The summed E-state index contributed by atoms with van der Waals surface area (Å²) in [6.07, 6.45) is 0.390. The molecule has 1 N–H and O–H groups in total. The molecule has 0 atom stereocenters. The van der Waals surface area contributed by atoms with E-state index in [9.17, 15) is 4.79 Å². The van der Waals surface area contributed by atoms with Crippen LogP contribution in [0.4, 0.5) is 5.69 Å². The number of benzene rings is 2. The fourth-order valence-corrected chi connectivity index (χ4v) is 1.96. The Bertz CT molecular complexity index is 549. The molecule has 92 valence electrons. The van der Waals surface area contributed by atoms with E-state index in [0.717, 1.165) is 21.3 Å². The van der Waals surface area contributed by atoms with Gasteiger partial charge in [-0.2, -0.15) is 0 Å². The van der Waals surface area contributed by atoms with Gasteiger partial charge in [0.2, 0.25) is 5.91 Å². The molecule has 0 spiro atoms. The lowest BCUT2D eigenvalue weighted by atomic mass is 10.1. The molecule has 0 saturated heterocycles. The lowest BCUT2D eigenvalue weighted by Crippen LogP contribution is -2.14. The summed E-state index contributed by atoms with van der Waals surface area (Å²) in [6.45, 7) is 1.98. The van der Waals surface area contributed by atoms with E-state index in [1.165, 1.54) is 0 Å². The Morgan fingerprint density at radius 2 is 1.78 bits per heavy atom. The van der Waals surface area contributed by atoms with Crippen molar-refractivity contribution in [3.05, 3.63) is 64.1 Å². The summed E-state index contributed by atoms with van der Waals surface area (Å²) in [5.74, 6) is 0.00613. The number of hydrogen-bond acceptors (Lipinski definition) is 1. The molecule has 0 aliphatic heterocycles. The summed E-state index contributed by atoms with van der Waals surface area (Å²) >= 11 is 3.37. The fourth-order valence-electron chi connectivity index (χ4n) is 1.70. The monoisotopic (exact) mass is 303 g/mol. The second-order valence-electron chi connectivity index (χ2n) is 4.17. The standard InChI is InChI=1S/C15H14BrNO/c1-11-4-2-3-5-14(11)17-15(18)10-12-6-8-13(16)9-7-12/h2-9H,10H2,1H3,(H,17,18). The minimum absolute atomic E-state index is 0.00613. The van der Waals surface area contributed by atoms with Gasteiger partial charge in [-0.25, -0.2) is 0 Å². The zero-order valence-electron chi connectivity index (χ0n) is 10.1. The average Bonchev–Trinajstić information content (AvgIpc) is 2.35. The van der Waals surface area contributed by atoms with Crippen LogP contribution in [-0.2, 0) is 11.2 Å². The highest BCUT2D eigenvalue weighted by atomic mass is 79.9. The van der Waals surface area contributed by atoms with Crippen LogP contribution in [0.3, 0.4) is 0 Å². The van der Waals surface area contributed by atoms with Gasteiger partial charge in [0, 0.05) is 10.2 Å². The van der Waals surface area contributed by atoms with Gasteiger partial charge < -0.3 is 5.32 Å². The Morgan fingerprint density at radius 3 is 2.44 bits per heavy atom. The zero-order valence-corrected chi connectivity index (χ0v) is 11.7. The fraction of sp³-hybridized carbons (Fsp3) is 0.133. The van der Waals surface area contributed by atoms with E-state index in [-0.39, 0.29) is 5.91 Å². The molecule has 0 fully saturated rings. The van der Waals surface area contributed by atoms with E-state index in [1.807, 2.05) is 55.5 Å². The highest BCUT2D eigenvalue weighted by Crippen LogP contribution is 2.15. The number of carbonyl (C=O) groups is 1. The molecule has 0 radical (unpaired) electrons. The highest BCUT2D eigenvalue weighted by Gasteiger charge is 2.05. The Labute approximate surface area is 115 Å². The summed E-state index contributed by atoms with van der Waals surface area (Å²) < 4.78 is 1.02. The third-order valence-electron chi connectivity index (χ3n) is 2.70. The summed E-state index contributed by atoms with van der Waals surface area (Å²) in [4.78, 5) is 11.9. The van der Waals surface area contributed by atoms with E-state index in [4.69, 9.17) is 0 Å². The molecule has 2 aromatic rings. The third kappa shape index (κ3) is 3.44. The molecule has 3 heteroatoms. The summed E-state index contributed by atoms with van der Waals surface area (Å²) in [7, 11) is 0. The quantitative estimate of drug-likeness (QED) is 0.914. The second kappa shape index (κ2) is 5.83. The summed E-state index contributed by atoms with van der Waals surface area (Å²) in [5.41, 5.74) is 2.95. The number of aryl methyl sites for hydroxylation is 1. The van der Waals surface area contributed by atoms with Gasteiger partial charge in [0.25, 0.3) is 0 Å². The molecule has 0 bridgehead atoms. The summed E-state index contributed by atoms with van der Waals surface area (Å²) in [6, 6.07) is 15.5. The van der Waals surface area contributed by atoms with Crippen molar-refractivity contribution in [2.45, 2.75) is 13.3 Å². The van der Waals surface area contributed by atoms with E-state index >= 15 is 0 Å². The maximum Gasteiger partial charge on any atom is 0.228 e. The molecule has 0 aliphatic carbocycles. The van der Waals surface area contributed by atoms with Crippen LogP contribution in [0.15, 0.2) is 53.0 Å². The number of amides is 1. The van der Waals surface area contributed by atoms with Crippen molar-refractivity contribution < 1.29 is 4.79 Å². The van der Waals surface area contributed by atoms with Crippen LogP contribution >= 0.6 is 15.9 Å². The topological polar surface area (TPSA) is 29.1 Å². The second-order valence-corrected chi connectivity index (χ2v) is 5.08. The van der Waals surface area contributed by atoms with Gasteiger partial charge in [0.15, 0.2) is 0 Å². The number of para-hydroxylation sites is 1. The van der Waals surface area contributed by atoms with Crippen LogP contribution in [0.2, 0.25) is 0 Å². The van der Waals surface area contributed by atoms with E-state index < -0.39 is 0 Å². The molecule has 2 nitrogen and oxygen atoms in total. The number of halogens is 1. The van der Waals surface area contributed by atoms with Gasteiger partial charge in [-0.3, -0.25) is 4.79 Å². The van der Waals surface area contributed by atoms with Gasteiger partial charge >= 0.3 is 0 Å². The summed E-state index contributed by atoms with van der Waals surface area (Å²) in [5, 5.41) is 2.92. The molecule has 2 aromatic carbocycles. The van der Waals surface area contributed by atoms with Crippen LogP contribution in [0.25, 0.3) is 0 Å². The molecule has 0 unspecified atom stereocenters. The SMILES string of the molecule is Cc1ccccc1NC(=O)Cc1ccc(Br)cc1. The van der Waals surface area contributed by atoms with E-state index in [0.29, 0.717) is 6.42 Å². The molecular weight excluding hydrogens is 290 g/mol. The van der Waals surface area contributed by atoms with Gasteiger partial charge in [-0.1, -0.05) is 46.3 Å². The first kappa shape index (κ1) is 12.8. The van der Waals surface area contributed by atoms with Crippen molar-refractivity contribution in [2.75, 3.05) is 5.32 Å². The van der Waals surface area contributed by atoms with Gasteiger partial charge in [0.05, 0.1) is 6.42 Å². The number of carbonyl (C=O) groups excluding carboxylic acids is 1. The Balaban J connectivity index is 2.01. The number of anilines is 1. The number of rotatable bonds is 3. The maximum atomic E-state index is 11.9. The lowest BCUT2D eigenvalue weighted by molar-refractivity contribution is -0.115. The maximum absolute atomic E-state index is 11.9. The highest BCUT2D eigenvalue weighted by molar-refractivity contribution is 9.10. The van der Waals surface area contributed by atoms with Gasteiger partial charge in [-0.05, 0) is 36.2 Å². The van der Waals surface area contributed by atoms with E-state index in [1.54, 1.807) is 0 Å². The first-order valence-electron chi connectivity index (χ1n) is 5.75. The van der Waals surface area contributed by atoms with Crippen molar-refractivity contribution in [1.82, 2.24) is 0 Å². The lowest BCUT2D eigenvalue weighted by Gasteiger charge is -2.08. The van der Waals surface area contributed by atoms with Crippen molar-refractivity contribution in [1.29, 1.82) is 0 Å².